The quantitative estimate of drug-likeness (QED) is 0.782. The lowest BCUT2D eigenvalue weighted by Gasteiger charge is -2.11. The molecule has 0 bridgehead atoms. The molecule has 0 radical (unpaired) electrons. The Morgan fingerprint density at radius 1 is 1.28 bits per heavy atom. The van der Waals surface area contributed by atoms with Crippen molar-refractivity contribution in [2.45, 2.75) is 19.1 Å². The van der Waals surface area contributed by atoms with Crippen molar-refractivity contribution in [3.8, 4) is 0 Å². The number of halogens is 5. The molecule has 0 aliphatic carbocycles. The Hall–Kier alpha value is -0.940. The highest BCUT2D eigenvalue weighted by molar-refractivity contribution is 6.35. The Bertz CT molecular complexity index is 563. The first-order chi connectivity index (χ1) is 8.42. The Morgan fingerprint density at radius 2 is 2.00 bits per heavy atom. The fourth-order valence-corrected chi connectivity index (χ4v) is 2.26. The van der Waals surface area contributed by atoms with E-state index in [1.165, 1.54) is 0 Å². The molecule has 2 rings (SSSR count). The lowest BCUT2D eigenvalue weighted by molar-refractivity contribution is -0.140. The van der Waals surface area contributed by atoms with Crippen LogP contribution < -0.4 is 0 Å². The molecule has 2 nitrogen and oxygen atoms in total. The normalized spacial score (nSPS) is 12.3. The van der Waals surface area contributed by atoms with Crippen LogP contribution in [-0.2, 0) is 13.0 Å². The maximum Gasteiger partial charge on any atom is 0.406 e. The fourth-order valence-electron chi connectivity index (χ4n) is 1.81. The first-order valence-corrected chi connectivity index (χ1v) is 6.10. The lowest BCUT2D eigenvalue weighted by Crippen LogP contribution is -2.19. The van der Waals surface area contributed by atoms with E-state index in [0.29, 0.717) is 16.9 Å². The predicted octanol–water partition coefficient (Wildman–Crippen LogP) is 4.03. The van der Waals surface area contributed by atoms with E-state index in [4.69, 9.17) is 23.2 Å². The summed E-state index contributed by atoms with van der Waals surface area (Å²) in [6.07, 6.45) is -4.06. The molecule has 0 aliphatic heterocycles. The van der Waals surface area contributed by atoms with Gasteiger partial charge in [0.15, 0.2) is 0 Å². The molecule has 0 atom stereocenters. The van der Waals surface area contributed by atoms with Crippen LogP contribution in [-0.4, -0.2) is 21.6 Å². The third kappa shape index (κ3) is 2.72. The molecule has 0 amide bonds. The second-order valence-corrected chi connectivity index (χ2v) is 4.56. The predicted molar refractivity (Wildman–Crippen MR) is 65.2 cm³/mol. The number of hydrogen-bond donors (Lipinski definition) is 0. The summed E-state index contributed by atoms with van der Waals surface area (Å²) >= 11 is 11.5. The molecule has 7 heteroatoms. The number of aryl methyl sites for hydroxylation is 1. The minimum absolute atomic E-state index is 0.207. The summed E-state index contributed by atoms with van der Waals surface area (Å²) < 4.78 is 38.8. The first kappa shape index (κ1) is 13.5. The van der Waals surface area contributed by atoms with Crippen LogP contribution in [0.5, 0.6) is 0 Å². The van der Waals surface area contributed by atoms with Crippen LogP contribution in [0.4, 0.5) is 13.2 Å². The van der Waals surface area contributed by atoms with Gasteiger partial charge in [0, 0.05) is 12.3 Å². The van der Waals surface area contributed by atoms with Crippen LogP contribution in [0.15, 0.2) is 18.2 Å². The van der Waals surface area contributed by atoms with Gasteiger partial charge < -0.3 is 4.57 Å². The highest BCUT2D eigenvalue weighted by Crippen LogP contribution is 2.28. The molecular formula is C11H9Cl2F3N2. The van der Waals surface area contributed by atoms with Crippen LogP contribution in [0.1, 0.15) is 5.82 Å². The van der Waals surface area contributed by atoms with E-state index in [9.17, 15) is 13.2 Å². The van der Waals surface area contributed by atoms with Gasteiger partial charge in [0.05, 0.1) is 16.1 Å². The standard InChI is InChI=1S/C11H9Cl2F3N2/c12-5-4-9-17-8-3-1-2-7(13)10(8)18(9)6-11(14,15)16/h1-3H,4-6H2. The molecule has 0 saturated carbocycles. The molecular weight excluding hydrogens is 288 g/mol. The number of benzene rings is 1. The van der Waals surface area contributed by atoms with Gasteiger partial charge in [-0.2, -0.15) is 13.2 Å². The van der Waals surface area contributed by atoms with Gasteiger partial charge in [-0.15, -0.1) is 11.6 Å². The number of hydrogen-bond acceptors (Lipinski definition) is 1. The molecule has 1 aromatic heterocycles. The maximum atomic E-state index is 12.6. The van der Waals surface area contributed by atoms with Gasteiger partial charge in [-0.3, -0.25) is 0 Å². The minimum atomic E-state index is -4.33. The highest BCUT2D eigenvalue weighted by atomic mass is 35.5. The van der Waals surface area contributed by atoms with Crippen molar-refractivity contribution in [2.24, 2.45) is 0 Å². The van der Waals surface area contributed by atoms with Crippen LogP contribution in [0.25, 0.3) is 11.0 Å². The molecule has 2 aromatic rings. The molecule has 98 valence electrons. The van der Waals surface area contributed by atoms with Crippen molar-refractivity contribution in [3.63, 3.8) is 0 Å². The first-order valence-electron chi connectivity index (χ1n) is 5.18. The molecule has 0 aliphatic rings. The number of rotatable bonds is 3. The number of fused-ring (bicyclic) bond motifs is 1. The summed E-state index contributed by atoms with van der Waals surface area (Å²) in [7, 11) is 0. The van der Waals surface area contributed by atoms with Gasteiger partial charge in [0.2, 0.25) is 0 Å². The third-order valence-electron chi connectivity index (χ3n) is 2.45. The van der Waals surface area contributed by atoms with Crippen molar-refractivity contribution in [1.82, 2.24) is 9.55 Å². The fraction of sp³-hybridized carbons (Fsp3) is 0.364. The molecule has 1 heterocycles. The van der Waals surface area contributed by atoms with Gasteiger partial charge in [-0.25, -0.2) is 4.98 Å². The minimum Gasteiger partial charge on any atom is -0.318 e. The number of imidazole rings is 1. The molecule has 0 saturated heterocycles. The Morgan fingerprint density at radius 3 is 2.61 bits per heavy atom. The van der Waals surface area contributed by atoms with E-state index in [1.807, 2.05) is 0 Å². The van der Waals surface area contributed by atoms with Crippen molar-refractivity contribution in [3.05, 3.63) is 29.0 Å². The van der Waals surface area contributed by atoms with Gasteiger partial charge in [0.1, 0.15) is 12.4 Å². The molecule has 1 aromatic carbocycles. The van der Waals surface area contributed by atoms with E-state index in [0.717, 1.165) is 4.57 Å². The molecule has 18 heavy (non-hydrogen) atoms. The van der Waals surface area contributed by atoms with E-state index < -0.39 is 12.7 Å². The summed E-state index contributed by atoms with van der Waals surface area (Å²) in [6, 6.07) is 4.83. The Kier molecular flexibility index (Phi) is 3.73. The van der Waals surface area contributed by atoms with E-state index in [2.05, 4.69) is 4.98 Å². The van der Waals surface area contributed by atoms with Gasteiger partial charge in [-0.1, -0.05) is 17.7 Å². The summed E-state index contributed by atoms with van der Waals surface area (Å²) in [5.41, 5.74) is 0.753. The lowest BCUT2D eigenvalue weighted by atomic mass is 10.3. The van der Waals surface area contributed by atoms with E-state index >= 15 is 0 Å². The number of alkyl halides is 4. The van der Waals surface area contributed by atoms with Crippen LogP contribution >= 0.6 is 23.2 Å². The van der Waals surface area contributed by atoms with Crippen LogP contribution in [0.3, 0.4) is 0 Å². The summed E-state index contributed by atoms with van der Waals surface area (Å²) in [5, 5.41) is 0.255. The number of para-hydroxylation sites is 1. The molecule has 0 fully saturated rings. The topological polar surface area (TPSA) is 17.8 Å². The SMILES string of the molecule is FC(F)(F)Cn1c(CCCl)nc2cccc(Cl)c21. The highest BCUT2D eigenvalue weighted by Gasteiger charge is 2.30. The molecule has 0 N–H and O–H groups in total. The van der Waals surface area contributed by atoms with E-state index in [-0.39, 0.29) is 17.3 Å². The second-order valence-electron chi connectivity index (χ2n) is 3.78. The molecule has 0 spiro atoms. The smallest absolute Gasteiger partial charge is 0.318 e. The average Bonchev–Trinajstić information content (AvgIpc) is 2.56. The van der Waals surface area contributed by atoms with Crippen molar-refractivity contribution >= 4 is 34.2 Å². The van der Waals surface area contributed by atoms with Crippen molar-refractivity contribution in [2.75, 3.05) is 5.88 Å². The van der Waals surface area contributed by atoms with Gasteiger partial charge >= 0.3 is 6.18 Å². The van der Waals surface area contributed by atoms with Crippen molar-refractivity contribution in [1.29, 1.82) is 0 Å². The maximum absolute atomic E-state index is 12.6. The average molecular weight is 297 g/mol. The summed E-state index contributed by atoms with van der Waals surface area (Å²) in [6.45, 7) is -1.11. The Labute approximate surface area is 111 Å². The zero-order chi connectivity index (χ0) is 13.3. The summed E-state index contributed by atoms with van der Waals surface area (Å²) in [4.78, 5) is 4.14. The van der Waals surface area contributed by atoms with Gasteiger partial charge in [0.25, 0.3) is 0 Å². The molecule has 0 unspecified atom stereocenters. The van der Waals surface area contributed by atoms with Gasteiger partial charge in [-0.05, 0) is 12.1 Å². The monoisotopic (exact) mass is 296 g/mol. The Balaban J connectivity index is 2.61. The van der Waals surface area contributed by atoms with Crippen LogP contribution in [0, 0.1) is 0 Å². The van der Waals surface area contributed by atoms with Crippen LogP contribution in [0.2, 0.25) is 5.02 Å². The number of aromatic nitrogens is 2. The zero-order valence-corrected chi connectivity index (χ0v) is 10.6. The third-order valence-corrected chi connectivity index (χ3v) is 2.95. The summed E-state index contributed by atoms with van der Waals surface area (Å²) in [5.74, 6) is 0.504. The van der Waals surface area contributed by atoms with E-state index in [1.54, 1.807) is 18.2 Å². The second kappa shape index (κ2) is 4.97. The zero-order valence-electron chi connectivity index (χ0n) is 9.14. The van der Waals surface area contributed by atoms with Crippen molar-refractivity contribution < 1.29 is 13.2 Å². The number of nitrogens with zero attached hydrogens (tertiary/aromatic N) is 2. The largest absolute Gasteiger partial charge is 0.406 e.